The van der Waals surface area contributed by atoms with Gasteiger partial charge in [-0.15, -0.1) is 11.6 Å². The molecule has 0 aliphatic heterocycles. The summed E-state index contributed by atoms with van der Waals surface area (Å²) in [6, 6.07) is 13.8. The van der Waals surface area contributed by atoms with E-state index in [4.69, 9.17) is 11.6 Å². The minimum absolute atomic E-state index is 0.0642. The molecular weight excluding hydrogens is 282 g/mol. The van der Waals surface area contributed by atoms with E-state index in [1.165, 1.54) is 5.56 Å². The van der Waals surface area contributed by atoms with E-state index in [1.807, 2.05) is 50.2 Å². The lowest BCUT2D eigenvalue weighted by Crippen LogP contribution is -2.13. The molecule has 0 aliphatic carbocycles. The average molecular weight is 302 g/mol. The van der Waals surface area contributed by atoms with Gasteiger partial charge < -0.3 is 5.32 Å². The number of benzene rings is 2. The number of hydrogen-bond donors (Lipinski definition) is 1. The number of carbonyl (C=O) groups is 1. The highest BCUT2D eigenvalue weighted by atomic mass is 35.5. The minimum atomic E-state index is -0.0642. The van der Waals surface area contributed by atoms with Crippen LogP contribution >= 0.6 is 11.6 Å². The lowest BCUT2D eigenvalue weighted by Gasteiger charge is -2.10. The van der Waals surface area contributed by atoms with Crippen LogP contribution in [-0.2, 0) is 6.42 Å². The fraction of sp³-hybridized carbons (Fsp3) is 0.278. The summed E-state index contributed by atoms with van der Waals surface area (Å²) in [4.78, 5) is 12.4. The maximum absolute atomic E-state index is 12.4. The molecule has 21 heavy (non-hydrogen) atoms. The zero-order valence-corrected chi connectivity index (χ0v) is 13.2. The molecular formula is C18H20ClNO. The Kier molecular flexibility index (Phi) is 5.40. The largest absolute Gasteiger partial charge is 0.322 e. The van der Waals surface area contributed by atoms with E-state index in [2.05, 4.69) is 11.4 Å². The Morgan fingerprint density at radius 2 is 1.95 bits per heavy atom. The van der Waals surface area contributed by atoms with E-state index in [-0.39, 0.29) is 5.91 Å². The van der Waals surface area contributed by atoms with Crippen molar-refractivity contribution in [3.8, 4) is 0 Å². The number of aryl methyl sites for hydroxylation is 3. The van der Waals surface area contributed by atoms with E-state index in [9.17, 15) is 4.79 Å². The smallest absolute Gasteiger partial charge is 0.255 e. The van der Waals surface area contributed by atoms with Crippen molar-refractivity contribution in [2.24, 2.45) is 0 Å². The molecule has 2 aromatic rings. The molecule has 0 saturated heterocycles. The van der Waals surface area contributed by atoms with Crippen LogP contribution in [-0.4, -0.2) is 11.8 Å². The summed E-state index contributed by atoms with van der Waals surface area (Å²) < 4.78 is 0. The topological polar surface area (TPSA) is 29.1 Å². The summed E-state index contributed by atoms with van der Waals surface area (Å²) in [6.07, 6.45) is 1.87. The van der Waals surface area contributed by atoms with Crippen LogP contribution in [0.25, 0.3) is 0 Å². The fourth-order valence-corrected chi connectivity index (χ4v) is 2.39. The van der Waals surface area contributed by atoms with Crippen molar-refractivity contribution >= 4 is 23.2 Å². The molecule has 3 heteroatoms. The highest BCUT2D eigenvalue weighted by Gasteiger charge is 2.09. The summed E-state index contributed by atoms with van der Waals surface area (Å²) >= 11 is 5.72. The minimum Gasteiger partial charge on any atom is -0.322 e. The first-order valence-electron chi connectivity index (χ1n) is 7.13. The first-order valence-corrected chi connectivity index (χ1v) is 7.67. The van der Waals surface area contributed by atoms with Gasteiger partial charge in [0.25, 0.3) is 5.91 Å². The first kappa shape index (κ1) is 15.6. The van der Waals surface area contributed by atoms with Crippen LogP contribution in [0.4, 0.5) is 5.69 Å². The zero-order valence-electron chi connectivity index (χ0n) is 12.4. The second-order valence-corrected chi connectivity index (χ2v) is 5.64. The fourth-order valence-electron chi connectivity index (χ4n) is 2.25. The zero-order chi connectivity index (χ0) is 15.2. The van der Waals surface area contributed by atoms with Gasteiger partial charge in [0.15, 0.2) is 0 Å². The SMILES string of the molecule is Cc1ccc(C)c(C(=O)Nc2cccc(CCCCl)c2)c1. The predicted octanol–water partition coefficient (Wildman–Crippen LogP) is 4.73. The molecule has 0 aromatic heterocycles. The van der Waals surface area contributed by atoms with Gasteiger partial charge in [0.2, 0.25) is 0 Å². The average Bonchev–Trinajstić information content (AvgIpc) is 2.48. The van der Waals surface area contributed by atoms with Crippen molar-refractivity contribution in [2.75, 3.05) is 11.2 Å². The van der Waals surface area contributed by atoms with Gasteiger partial charge in [-0.05, 0) is 56.0 Å². The summed E-state index contributed by atoms with van der Waals surface area (Å²) in [5.74, 6) is 0.588. The van der Waals surface area contributed by atoms with Crippen molar-refractivity contribution in [3.05, 3.63) is 64.7 Å². The van der Waals surface area contributed by atoms with Crippen LogP contribution in [0.3, 0.4) is 0 Å². The molecule has 0 aliphatic rings. The summed E-state index contributed by atoms with van der Waals surface area (Å²) in [5, 5.41) is 2.97. The van der Waals surface area contributed by atoms with Crippen molar-refractivity contribution in [1.82, 2.24) is 0 Å². The third-order valence-corrected chi connectivity index (χ3v) is 3.69. The molecule has 1 N–H and O–H groups in total. The number of halogens is 1. The molecule has 110 valence electrons. The Hall–Kier alpha value is -1.80. The van der Waals surface area contributed by atoms with Gasteiger partial charge in [0.05, 0.1) is 0 Å². The number of amides is 1. The van der Waals surface area contributed by atoms with Crippen LogP contribution < -0.4 is 5.32 Å². The van der Waals surface area contributed by atoms with Crippen molar-refractivity contribution in [2.45, 2.75) is 26.7 Å². The first-order chi connectivity index (χ1) is 10.1. The number of hydrogen-bond acceptors (Lipinski definition) is 1. The van der Waals surface area contributed by atoms with Crippen molar-refractivity contribution in [1.29, 1.82) is 0 Å². The lowest BCUT2D eigenvalue weighted by molar-refractivity contribution is 0.102. The predicted molar refractivity (Wildman–Crippen MR) is 89.4 cm³/mol. The van der Waals surface area contributed by atoms with E-state index < -0.39 is 0 Å². The molecule has 0 radical (unpaired) electrons. The maximum atomic E-state index is 12.4. The third-order valence-electron chi connectivity index (χ3n) is 3.42. The lowest BCUT2D eigenvalue weighted by atomic mass is 10.0. The molecule has 0 fully saturated rings. The quantitative estimate of drug-likeness (QED) is 0.795. The van der Waals surface area contributed by atoms with Crippen LogP contribution in [0.2, 0.25) is 0 Å². The number of rotatable bonds is 5. The molecule has 0 unspecified atom stereocenters. The molecule has 0 bridgehead atoms. The molecule has 0 heterocycles. The summed E-state index contributed by atoms with van der Waals surface area (Å²) in [7, 11) is 0. The van der Waals surface area contributed by atoms with Crippen LogP contribution in [0.5, 0.6) is 0 Å². The molecule has 1 amide bonds. The Bertz CT molecular complexity index is 637. The molecule has 0 spiro atoms. The maximum Gasteiger partial charge on any atom is 0.255 e. The van der Waals surface area contributed by atoms with E-state index in [0.717, 1.165) is 35.2 Å². The van der Waals surface area contributed by atoms with E-state index in [1.54, 1.807) is 0 Å². The van der Waals surface area contributed by atoms with Crippen LogP contribution in [0.1, 0.15) is 33.5 Å². The Morgan fingerprint density at radius 3 is 2.71 bits per heavy atom. The second kappa shape index (κ2) is 7.28. The van der Waals surface area contributed by atoms with E-state index >= 15 is 0 Å². The van der Waals surface area contributed by atoms with Crippen molar-refractivity contribution < 1.29 is 4.79 Å². The van der Waals surface area contributed by atoms with Crippen LogP contribution in [0, 0.1) is 13.8 Å². The molecule has 2 nitrogen and oxygen atoms in total. The second-order valence-electron chi connectivity index (χ2n) is 5.27. The number of anilines is 1. The van der Waals surface area contributed by atoms with Gasteiger partial charge >= 0.3 is 0 Å². The van der Waals surface area contributed by atoms with Gasteiger partial charge in [0.1, 0.15) is 0 Å². The van der Waals surface area contributed by atoms with E-state index in [0.29, 0.717) is 5.88 Å². The monoisotopic (exact) mass is 301 g/mol. The highest BCUT2D eigenvalue weighted by molar-refractivity contribution is 6.17. The molecule has 2 aromatic carbocycles. The van der Waals surface area contributed by atoms with Crippen molar-refractivity contribution in [3.63, 3.8) is 0 Å². The Labute approximate surface area is 131 Å². The Balaban J connectivity index is 2.14. The molecule has 2 rings (SSSR count). The highest BCUT2D eigenvalue weighted by Crippen LogP contribution is 2.16. The van der Waals surface area contributed by atoms with Gasteiger partial charge in [0, 0.05) is 17.1 Å². The normalized spacial score (nSPS) is 10.4. The summed E-state index contributed by atoms with van der Waals surface area (Å²) in [6.45, 7) is 3.94. The van der Waals surface area contributed by atoms with Gasteiger partial charge in [-0.3, -0.25) is 4.79 Å². The van der Waals surface area contributed by atoms with Gasteiger partial charge in [-0.25, -0.2) is 0 Å². The molecule has 0 atom stereocenters. The summed E-state index contributed by atoms with van der Waals surface area (Å²) in [5.41, 5.74) is 4.81. The number of nitrogens with one attached hydrogen (secondary N) is 1. The Morgan fingerprint density at radius 1 is 1.14 bits per heavy atom. The number of carbonyl (C=O) groups excluding carboxylic acids is 1. The van der Waals surface area contributed by atoms with Gasteiger partial charge in [-0.1, -0.05) is 29.8 Å². The van der Waals surface area contributed by atoms with Gasteiger partial charge in [-0.2, -0.15) is 0 Å². The van der Waals surface area contributed by atoms with Crippen LogP contribution in [0.15, 0.2) is 42.5 Å². The standard InChI is InChI=1S/C18H20ClNO/c1-13-8-9-14(2)17(11-13)18(21)20-16-7-3-5-15(12-16)6-4-10-19/h3,5,7-9,11-12H,4,6,10H2,1-2H3,(H,20,21). The third kappa shape index (κ3) is 4.33. The molecule has 0 saturated carbocycles. The number of alkyl halides is 1.